The second-order valence-corrected chi connectivity index (χ2v) is 31.7. The molecular weight excluding hydrogens is 1250 g/mol. The molecule has 0 aliphatic heterocycles. The summed E-state index contributed by atoms with van der Waals surface area (Å²) < 4.78 is 68.5. The number of hydrogen-bond donors (Lipinski definition) is 3. The standard InChI is InChI=1S/C76H148O17P2/c1-9-68(7)54-46-38-30-26-27-33-43-51-59-76(81)93-72(63-87-74(79)57-49-41-35-34-39-47-55-69(8)10-2)65-91-95(84,85)89-61-70(77)60-88-94(82,83)90-64-71(92-75(80)58-50-42-32-25-21-17-16-19-23-29-37-45-53-67(5)6)62-86-73(78)56-48-40-31-24-20-15-13-11-12-14-18-22-28-36-44-52-66(3)4/h66-72,77H,9-65H2,1-8H3,(H,82,83)(H,84,85)/t68?,69?,70-,71-,72-/m1/s1. The largest absolute Gasteiger partial charge is 0.472 e. The van der Waals surface area contributed by atoms with E-state index in [1.165, 1.54) is 180 Å². The molecule has 0 aromatic carbocycles. The molecule has 0 saturated carbocycles. The number of carbonyl (C=O) groups excluding carboxylic acids is 4. The lowest BCUT2D eigenvalue weighted by atomic mass is 9.99. The number of ether oxygens (including phenoxy) is 4. The summed E-state index contributed by atoms with van der Waals surface area (Å²) in [5.41, 5.74) is 0. The monoisotopic (exact) mass is 1400 g/mol. The van der Waals surface area contributed by atoms with Gasteiger partial charge in [0, 0.05) is 25.7 Å². The van der Waals surface area contributed by atoms with E-state index in [0.29, 0.717) is 25.7 Å². The normalized spacial score (nSPS) is 14.7. The molecule has 95 heavy (non-hydrogen) atoms. The highest BCUT2D eigenvalue weighted by Crippen LogP contribution is 2.45. The van der Waals surface area contributed by atoms with Gasteiger partial charge in [0.15, 0.2) is 12.2 Å². The van der Waals surface area contributed by atoms with E-state index in [2.05, 4.69) is 55.4 Å². The van der Waals surface area contributed by atoms with Crippen LogP contribution in [-0.2, 0) is 65.4 Å². The van der Waals surface area contributed by atoms with Gasteiger partial charge in [0.2, 0.25) is 0 Å². The fourth-order valence-corrected chi connectivity index (χ4v) is 13.1. The lowest BCUT2D eigenvalue weighted by molar-refractivity contribution is -0.161. The van der Waals surface area contributed by atoms with Crippen LogP contribution in [0.1, 0.15) is 383 Å². The van der Waals surface area contributed by atoms with Gasteiger partial charge in [-0.25, -0.2) is 9.13 Å². The van der Waals surface area contributed by atoms with Crippen molar-refractivity contribution in [2.45, 2.75) is 401 Å². The van der Waals surface area contributed by atoms with Crippen LogP contribution in [0.5, 0.6) is 0 Å². The van der Waals surface area contributed by atoms with Crippen LogP contribution in [0.3, 0.4) is 0 Å². The first-order chi connectivity index (χ1) is 45.7. The number of phosphoric ester groups is 2. The molecule has 0 aromatic heterocycles. The third-order valence-electron chi connectivity index (χ3n) is 18.3. The number of unbranched alkanes of at least 4 members (excludes halogenated alkanes) is 37. The summed E-state index contributed by atoms with van der Waals surface area (Å²) in [4.78, 5) is 72.8. The van der Waals surface area contributed by atoms with Gasteiger partial charge in [0.25, 0.3) is 0 Å². The molecular formula is C76H148O17P2. The average molecular weight is 1400 g/mol. The maximum absolute atomic E-state index is 13.1. The van der Waals surface area contributed by atoms with Gasteiger partial charge in [-0.1, -0.05) is 331 Å². The fourth-order valence-electron chi connectivity index (χ4n) is 11.5. The van der Waals surface area contributed by atoms with Gasteiger partial charge >= 0.3 is 39.5 Å². The van der Waals surface area contributed by atoms with Crippen LogP contribution in [0.4, 0.5) is 0 Å². The van der Waals surface area contributed by atoms with Gasteiger partial charge in [0.1, 0.15) is 19.3 Å². The highest BCUT2D eigenvalue weighted by molar-refractivity contribution is 7.47. The van der Waals surface area contributed by atoms with Crippen molar-refractivity contribution in [2.75, 3.05) is 39.6 Å². The maximum atomic E-state index is 13.1. The quantitative estimate of drug-likeness (QED) is 0.0222. The molecule has 0 rings (SSSR count). The van der Waals surface area contributed by atoms with Crippen LogP contribution >= 0.6 is 15.6 Å². The van der Waals surface area contributed by atoms with E-state index < -0.39 is 97.5 Å². The Morgan fingerprint density at radius 2 is 0.505 bits per heavy atom. The smallest absolute Gasteiger partial charge is 0.462 e. The molecule has 4 unspecified atom stereocenters. The summed E-state index contributed by atoms with van der Waals surface area (Å²) in [5, 5.41) is 10.6. The molecule has 0 fully saturated rings. The maximum Gasteiger partial charge on any atom is 0.472 e. The summed E-state index contributed by atoms with van der Waals surface area (Å²) >= 11 is 0. The van der Waals surface area contributed by atoms with Crippen molar-refractivity contribution in [3.63, 3.8) is 0 Å². The molecule has 7 atom stereocenters. The Kier molecular flexibility index (Phi) is 64.0. The van der Waals surface area contributed by atoms with Crippen molar-refractivity contribution in [3.05, 3.63) is 0 Å². The third kappa shape index (κ3) is 67.6. The molecule has 564 valence electrons. The van der Waals surface area contributed by atoms with Crippen molar-refractivity contribution < 1.29 is 80.2 Å². The van der Waals surface area contributed by atoms with Crippen LogP contribution < -0.4 is 0 Å². The van der Waals surface area contributed by atoms with E-state index >= 15 is 0 Å². The first kappa shape index (κ1) is 93.1. The van der Waals surface area contributed by atoms with Crippen molar-refractivity contribution in [1.29, 1.82) is 0 Å². The number of phosphoric acid groups is 2. The summed E-state index contributed by atoms with van der Waals surface area (Å²) in [7, 11) is -9.91. The van der Waals surface area contributed by atoms with Gasteiger partial charge in [-0.2, -0.15) is 0 Å². The minimum atomic E-state index is -4.96. The lowest BCUT2D eigenvalue weighted by Crippen LogP contribution is -2.30. The van der Waals surface area contributed by atoms with Crippen LogP contribution in [-0.4, -0.2) is 96.7 Å². The van der Waals surface area contributed by atoms with Crippen molar-refractivity contribution in [3.8, 4) is 0 Å². The van der Waals surface area contributed by atoms with Gasteiger partial charge in [-0.3, -0.25) is 37.3 Å². The molecule has 0 aromatic rings. The highest BCUT2D eigenvalue weighted by atomic mass is 31.2. The predicted molar refractivity (Wildman–Crippen MR) is 386 cm³/mol. The van der Waals surface area contributed by atoms with E-state index in [0.717, 1.165) is 120 Å². The number of hydrogen-bond acceptors (Lipinski definition) is 15. The third-order valence-corrected chi connectivity index (χ3v) is 20.2. The number of aliphatic hydroxyl groups is 1. The molecule has 0 amide bonds. The van der Waals surface area contributed by atoms with Gasteiger partial charge in [0.05, 0.1) is 26.4 Å². The molecule has 0 aliphatic carbocycles. The van der Waals surface area contributed by atoms with Gasteiger partial charge in [-0.15, -0.1) is 0 Å². The molecule has 3 N–H and O–H groups in total. The Balaban J connectivity index is 5.25. The van der Waals surface area contributed by atoms with E-state index in [1.54, 1.807) is 0 Å². The number of esters is 4. The Bertz CT molecular complexity index is 1870. The Hall–Kier alpha value is -1.94. The predicted octanol–water partition coefficient (Wildman–Crippen LogP) is 22.0. The van der Waals surface area contributed by atoms with Crippen molar-refractivity contribution in [2.24, 2.45) is 23.7 Å². The summed E-state index contributed by atoms with van der Waals surface area (Å²) in [6.45, 7) is 14.2. The Morgan fingerprint density at radius 1 is 0.295 bits per heavy atom. The van der Waals surface area contributed by atoms with Crippen LogP contribution in [0.25, 0.3) is 0 Å². The molecule has 19 heteroatoms. The van der Waals surface area contributed by atoms with E-state index in [4.69, 9.17) is 37.0 Å². The molecule has 17 nitrogen and oxygen atoms in total. The SMILES string of the molecule is CCC(C)CCCCCCCCCCC(=O)O[C@H](COC(=O)CCCCCCCCC(C)CC)COP(=O)(O)OC[C@H](O)COP(=O)(O)OC[C@@H](COC(=O)CCCCCCCCCCCCCCCCCC(C)C)OC(=O)CCCCCCCCCCCCCCC(C)C. The Morgan fingerprint density at radius 3 is 0.747 bits per heavy atom. The molecule has 0 radical (unpaired) electrons. The van der Waals surface area contributed by atoms with Crippen molar-refractivity contribution >= 4 is 39.5 Å². The minimum Gasteiger partial charge on any atom is -0.462 e. The number of carbonyl (C=O) groups is 4. The van der Waals surface area contributed by atoms with Crippen LogP contribution in [0.15, 0.2) is 0 Å². The van der Waals surface area contributed by atoms with Crippen LogP contribution in [0, 0.1) is 23.7 Å². The minimum absolute atomic E-state index is 0.104. The summed E-state index contributed by atoms with van der Waals surface area (Å²) in [6.07, 6.45) is 49.9. The zero-order valence-corrected chi connectivity index (χ0v) is 64.1. The Labute approximate surface area is 581 Å². The molecule has 0 heterocycles. The highest BCUT2D eigenvalue weighted by Gasteiger charge is 2.30. The van der Waals surface area contributed by atoms with Gasteiger partial charge in [-0.05, 0) is 49.4 Å². The number of aliphatic hydroxyl groups excluding tert-OH is 1. The first-order valence-electron chi connectivity index (χ1n) is 39.3. The van der Waals surface area contributed by atoms with Crippen LogP contribution in [0.2, 0.25) is 0 Å². The van der Waals surface area contributed by atoms with Gasteiger partial charge < -0.3 is 33.8 Å². The summed E-state index contributed by atoms with van der Waals surface area (Å²) in [5.74, 6) is 0.961. The lowest BCUT2D eigenvalue weighted by Gasteiger charge is -2.21. The molecule has 0 aliphatic rings. The van der Waals surface area contributed by atoms with E-state index in [1.807, 2.05) is 0 Å². The number of rotatable bonds is 73. The topological polar surface area (TPSA) is 237 Å². The van der Waals surface area contributed by atoms with Crippen molar-refractivity contribution in [1.82, 2.24) is 0 Å². The molecule has 0 bridgehead atoms. The first-order valence-corrected chi connectivity index (χ1v) is 42.3. The average Bonchev–Trinajstić information content (AvgIpc) is 1.66. The zero-order valence-electron chi connectivity index (χ0n) is 62.3. The second kappa shape index (κ2) is 65.4. The fraction of sp³-hybridized carbons (Fsp3) is 0.947. The summed E-state index contributed by atoms with van der Waals surface area (Å²) in [6, 6.07) is 0. The van der Waals surface area contributed by atoms with E-state index in [9.17, 15) is 43.2 Å². The second-order valence-electron chi connectivity index (χ2n) is 28.8. The molecule has 0 spiro atoms. The molecule has 0 saturated heterocycles. The van der Waals surface area contributed by atoms with E-state index in [-0.39, 0.29) is 25.7 Å². The zero-order chi connectivity index (χ0) is 70.3.